The number of imidazole rings is 1. The molecule has 1 N–H and O–H groups in total. The van der Waals surface area contributed by atoms with E-state index in [-0.39, 0.29) is 5.91 Å². The summed E-state index contributed by atoms with van der Waals surface area (Å²) in [5.74, 6) is -0.261. The lowest BCUT2D eigenvalue weighted by atomic mass is 10.3. The van der Waals surface area contributed by atoms with E-state index in [1.54, 1.807) is 10.6 Å². The van der Waals surface area contributed by atoms with Gasteiger partial charge in [-0.05, 0) is 31.0 Å². The van der Waals surface area contributed by atoms with Crippen molar-refractivity contribution in [3.05, 3.63) is 35.8 Å². The van der Waals surface area contributed by atoms with Crippen molar-refractivity contribution in [2.75, 3.05) is 26.4 Å². The molecule has 0 fully saturated rings. The average molecular weight is 324 g/mol. The summed E-state index contributed by atoms with van der Waals surface area (Å²) in [5.41, 5.74) is 2.15. The van der Waals surface area contributed by atoms with Crippen LogP contribution in [0.3, 0.4) is 0 Å². The van der Waals surface area contributed by atoms with Gasteiger partial charge in [-0.3, -0.25) is 4.79 Å². The van der Waals surface area contributed by atoms with E-state index in [9.17, 15) is 13.2 Å². The molecule has 0 atom stereocenters. The number of sulfonamides is 1. The molecule has 2 aromatic rings. The maximum Gasteiger partial charge on any atom is 0.271 e. The second kappa shape index (κ2) is 6.45. The Balaban J connectivity index is 1.89. The third kappa shape index (κ3) is 4.05. The summed E-state index contributed by atoms with van der Waals surface area (Å²) in [7, 11) is -1.66. The van der Waals surface area contributed by atoms with E-state index in [1.165, 1.54) is 11.4 Å². The highest BCUT2D eigenvalue weighted by Crippen LogP contribution is 2.07. The Bertz CT molecular complexity index is 782. The maximum atomic E-state index is 12.0. The molecule has 2 rings (SSSR count). The van der Waals surface area contributed by atoms with Gasteiger partial charge in [-0.15, -0.1) is 0 Å². The summed E-state index contributed by atoms with van der Waals surface area (Å²) >= 11 is 0. The van der Waals surface area contributed by atoms with Gasteiger partial charge in [0.2, 0.25) is 10.0 Å². The van der Waals surface area contributed by atoms with Crippen LogP contribution in [0.2, 0.25) is 0 Å². The van der Waals surface area contributed by atoms with Crippen LogP contribution in [0, 0.1) is 6.92 Å². The SMILES string of the molecule is Cc1ccn2cc(C(=O)NCCCN(C)S(C)(=O)=O)nc2c1. The van der Waals surface area contributed by atoms with Crippen molar-refractivity contribution in [2.24, 2.45) is 0 Å². The number of amides is 1. The van der Waals surface area contributed by atoms with E-state index in [0.717, 1.165) is 17.5 Å². The molecule has 22 heavy (non-hydrogen) atoms. The smallest absolute Gasteiger partial charge is 0.271 e. The molecule has 2 aromatic heterocycles. The molecule has 0 saturated heterocycles. The fourth-order valence-corrected chi connectivity index (χ4v) is 2.41. The first-order chi connectivity index (χ1) is 10.3. The molecule has 2 heterocycles. The van der Waals surface area contributed by atoms with Crippen molar-refractivity contribution in [1.29, 1.82) is 0 Å². The minimum absolute atomic E-state index is 0.261. The number of nitrogens with zero attached hydrogens (tertiary/aromatic N) is 3. The topological polar surface area (TPSA) is 83.8 Å². The number of pyridine rings is 1. The molecule has 0 aliphatic carbocycles. The zero-order valence-corrected chi connectivity index (χ0v) is 13.7. The number of nitrogens with one attached hydrogen (secondary N) is 1. The summed E-state index contributed by atoms with van der Waals surface area (Å²) in [4.78, 5) is 16.3. The number of aromatic nitrogens is 2. The molecule has 1 amide bonds. The zero-order chi connectivity index (χ0) is 16.3. The van der Waals surface area contributed by atoms with Crippen molar-refractivity contribution < 1.29 is 13.2 Å². The van der Waals surface area contributed by atoms with Gasteiger partial charge in [-0.1, -0.05) is 0 Å². The predicted molar refractivity (Wildman–Crippen MR) is 84.4 cm³/mol. The molecule has 7 nitrogen and oxygen atoms in total. The fourth-order valence-electron chi connectivity index (χ4n) is 1.95. The Morgan fingerprint density at radius 1 is 1.45 bits per heavy atom. The van der Waals surface area contributed by atoms with E-state index in [0.29, 0.717) is 25.2 Å². The first kappa shape index (κ1) is 16.4. The van der Waals surface area contributed by atoms with Gasteiger partial charge in [0.25, 0.3) is 5.91 Å². The molecule has 0 aromatic carbocycles. The molecule has 0 bridgehead atoms. The molecule has 120 valence electrons. The second-order valence-corrected chi connectivity index (χ2v) is 7.38. The lowest BCUT2D eigenvalue weighted by Crippen LogP contribution is -2.31. The largest absolute Gasteiger partial charge is 0.351 e. The second-order valence-electron chi connectivity index (χ2n) is 5.29. The third-order valence-electron chi connectivity index (χ3n) is 3.35. The van der Waals surface area contributed by atoms with Crippen molar-refractivity contribution in [1.82, 2.24) is 19.0 Å². The first-order valence-electron chi connectivity index (χ1n) is 6.92. The molecular weight excluding hydrogens is 304 g/mol. The lowest BCUT2D eigenvalue weighted by Gasteiger charge is -2.13. The standard InChI is InChI=1S/C14H20N4O3S/c1-11-5-8-18-10-12(16-13(18)9-11)14(19)15-6-4-7-17(2)22(3,20)21/h5,8-10H,4,6-7H2,1-3H3,(H,15,19). The summed E-state index contributed by atoms with van der Waals surface area (Å²) in [5, 5.41) is 2.75. The van der Waals surface area contributed by atoms with E-state index in [4.69, 9.17) is 0 Å². The highest BCUT2D eigenvalue weighted by molar-refractivity contribution is 7.88. The maximum absolute atomic E-state index is 12.0. The van der Waals surface area contributed by atoms with E-state index in [2.05, 4.69) is 10.3 Å². The fraction of sp³-hybridized carbons (Fsp3) is 0.429. The van der Waals surface area contributed by atoms with Crippen LogP contribution in [0.15, 0.2) is 24.5 Å². The number of fused-ring (bicyclic) bond motifs is 1. The summed E-state index contributed by atoms with van der Waals surface area (Å²) in [6.07, 6.45) is 5.23. The minimum atomic E-state index is -3.17. The number of hydrogen-bond donors (Lipinski definition) is 1. The number of carbonyl (C=O) groups is 1. The minimum Gasteiger partial charge on any atom is -0.351 e. The third-order valence-corrected chi connectivity index (χ3v) is 4.66. The Labute approximate surface area is 130 Å². The molecule has 8 heteroatoms. The number of rotatable bonds is 6. The molecule has 0 aliphatic heterocycles. The van der Waals surface area contributed by atoms with Crippen LogP contribution >= 0.6 is 0 Å². The van der Waals surface area contributed by atoms with Gasteiger partial charge < -0.3 is 9.72 Å². The van der Waals surface area contributed by atoms with Gasteiger partial charge in [0.05, 0.1) is 6.26 Å². The van der Waals surface area contributed by atoms with Gasteiger partial charge in [-0.25, -0.2) is 17.7 Å². The highest BCUT2D eigenvalue weighted by Gasteiger charge is 2.12. The van der Waals surface area contributed by atoms with Crippen LogP contribution in [0.25, 0.3) is 5.65 Å². The first-order valence-corrected chi connectivity index (χ1v) is 8.77. The van der Waals surface area contributed by atoms with E-state index in [1.807, 2.05) is 25.3 Å². The normalized spacial score (nSPS) is 12.0. The van der Waals surface area contributed by atoms with Crippen LogP contribution in [-0.4, -0.2) is 54.4 Å². The van der Waals surface area contributed by atoms with Gasteiger partial charge in [0, 0.05) is 32.5 Å². The van der Waals surface area contributed by atoms with Crippen molar-refractivity contribution in [3.8, 4) is 0 Å². The van der Waals surface area contributed by atoms with Crippen LogP contribution in [0.1, 0.15) is 22.5 Å². The summed E-state index contributed by atoms with van der Waals surface area (Å²) in [6.45, 7) is 2.72. The van der Waals surface area contributed by atoms with Gasteiger partial charge in [0.15, 0.2) is 0 Å². The quantitative estimate of drug-likeness (QED) is 0.791. The zero-order valence-electron chi connectivity index (χ0n) is 12.9. The van der Waals surface area contributed by atoms with E-state index >= 15 is 0 Å². The number of aryl methyl sites for hydroxylation is 1. The predicted octanol–water partition coefficient (Wildman–Crippen LogP) is 0.654. The van der Waals surface area contributed by atoms with Crippen LogP contribution in [-0.2, 0) is 10.0 Å². The number of hydrogen-bond acceptors (Lipinski definition) is 4. The van der Waals surface area contributed by atoms with Crippen molar-refractivity contribution >= 4 is 21.6 Å². The van der Waals surface area contributed by atoms with Crippen molar-refractivity contribution in [2.45, 2.75) is 13.3 Å². The Morgan fingerprint density at radius 3 is 2.86 bits per heavy atom. The average Bonchev–Trinajstić information content (AvgIpc) is 2.85. The van der Waals surface area contributed by atoms with Crippen LogP contribution in [0.4, 0.5) is 0 Å². The molecule has 0 saturated carbocycles. The summed E-state index contributed by atoms with van der Waals surface area (Å²) < 4.78 is 25.5. The van der Waals surface area contributed by atoms with Gasteiger partial charge in [-0.2, -0.15) is 0 Å². The van der Waals surface area contributed by atoms with Crippen molar-refractivity contribution in [3.63, 3.8) is 0 Å². The molecule has 0 unspecified atom stereocenters. The molecule has 0 spiro atoms. The molecule has 0 radical (unpaired) electrons. The van der Waals surface area contributed by atoms with Gasteiger partial charge in [0.1, 0.15) is 11.3 Å². The monoisotopic (exact) mass is 324 g/mol. The Morgan fingerprint density at radius 2 is 2.18 bits per heavy atom. The summed E-state index contributed by atoms with van der Waals surface area (Å²) in [6, 6.07) is 3.84. The van der Waals surface area contributed by atoms with Gasteiger partial charge >= 0.3 is 0 Å². The highest BCUT2D eigenvalue weighted by atomic mass is 32.2. The lowest BCUT2D eigenvalue weighted by molar-refractivity contribution is 0.0948. The Kier molecular flexibility index (Phi) is 4.82. The molecular formula is C14H20N4O3S. The van der Waals surface area contributed by atoms with Crippen LogP contribution in [0.5, 0.6) is 0 Å². The Hall–Kier alpha value is -1.93. The number of carbonyl (C=O) groups excluding carboxylic acids is 1. The molecule has 0 aliphatic rings. The van der Waals surface area contributed by atoms with Crippen LogP contribution < -0.4 is 5.32 Å². The van der Waals surface area contributed by atoms with E-state index < -0.39 is 10.0 Å².